The van der Waals surface area contributed by atoms with Gasteiger partial charge in [0.05, 0.1) is 6.42 Å². The summed E-state index contributed by atoms with van der Waals surface area (Å²) in [5.74, 6) is -0.0137. The van der Waals surface area contributed by atoms with Gasteiger partial charge in [-0.05, 0) is 42.2 Å². The molecule has 0 unspecified atom stereocenters. The lowest BCUT2D eigenvalue weighted by molar-refractivity contribution is -0.129. The zero-order valence-corrected chi connectivity index (χ0v) is 14.1. The van der Waals surface area contributed by atoms with Crippen molar-refractivity contribution in [1.29, 1.82) is 0 Å². The summed E-state index contributed by atoms with van der Waals surface area (Å²) in [6.45, 7) is 2.43. The largest absolute Gasteiger partial charge is 0.343 e. The Hall–Kier alpha value is -2.62. The van der Waals surface area contributed by atoms with E-state index in [1.165, 1.54) is 12.1 Å². The second kappa shape index (κ2) is 6.71. The average Bonchev–Trinajstić information content (AvgIpc) is 3.27. The highest BCUT2D eigenvalue weighted by molar-refractivity contribution is 5.89. The number of halogens is 1. The van der Waals surface area contributed by atoms with Gasteiger partial charge in [-0.2, -0.15) is 0 Å². The fourth-order valence-electron chi connectivity index (χ4n) is 3.62. The molecule has 0 saturated carbocycles. The zero-order valence-electron chi connectivity index (χ0n) is 14.1. The molecule has 25 heavy (non-hydrogen) atoms. The Labute approximate surface area is 146 Å². The fraction of sp³-hybridized carbons (Fsp3) is 0.286. The number of hydrogen-bond acceptors (Lipinski definition) is 1. The minimum Gasteiger partial charge on any atom is -0.343 e. The van der Waals surface area contributed by atoms with E-state index in [1.807, 2.05) is 17.0 Å². The third kappa shape index (κ3) is 3.29. The van der Waals surface area contributed by atoms with Gasteiger partial charge in [0.15, 0.2) is 0 Å². The molecule has 0 N–H and O–H groups in total. The van der Waals surface area contributed by atoms with Gasteiger partial charge >= 0.3 is 0 Å². The van der Waals surface area contributed by atoms with Gasteiger partial charge in [0, 0.05) is 36.7 Å². The van der Waals surface area contributed by atoms with E-state index in [0.717, 1.165) is 48.0 Å². The van der Waals surface area contributed by atoms with Gasteiger partial charge < -0.3 is 9.47 Å². The van der Waals surface area contributed by atoms with Crippen LogP contribution in [0.5, 0.6) is 0 Å². The molecule has 2 aromatic carbocycles. The molecule has 3 nitrogen and oxygen atoms in total. The molecule has 1 amide bonds. The Kier molecular flexibility index (Phi) is 4.26. The smallest absolute Gasteiger partial charge is 0.227 e. The fourth-order valence-corrected chi connectivity index (χ4v) is 3.62. The molecule has 128 valence electrons. The minimum absolute atomic E-state index is 0.210. The molecule has 4 rings (SSSR count). The van der Waals surface area contributed by atoms with E-state index in [0.29, 0.717) is 13.0 Å². The van der Waals surface area contributed by atoms with Crippen LogP contribution in [0.3, 0.4) is 0 Å². The molecule has 0 atom stereocenters. The van der Waals surface area contributed by atoms with Crippen LogP contribution in [-0.4, -0.2) is 28.5 Å². The summed E-state index contributed by atoms with van der Waals surface area (Å²) in [6, 6.07) is 14.7. The molecule has 0 radical (unpaired) electrons. The second-order valence-electron chi connectivity index (χ2n) is 6.69. The number of rotatable bonds is 4. The van der Waals surface area contributed by atoms with E-state index in [-0.39, 0.29) is 11.7 Å². The number of benzene rings is 2. The molecule has 2 heterocycles. The van der Waals surface area contributed by atoms with Crippen LogP contribution in [0.1, 0.15) is 24.0 Å². The number of carbonyl (C=O) groups is 1. The lowest BCUT2D eigenvalue weighted by Crippen LogP contribution is -2.28. The average molecular weight is 336 g/mol. The highest BCUT2D eigenvalue weighted by Gasteiger charge is 2.20. The van der Waals surface area contributed by atoms with E-state index >= 15 is 0 Å². The minimum atomic E-state index is -0.224. The van der Waals surface area contributed by atoms with Gasteiger partial charge in [0.2, 0.25) is 5.91 Å². The Morgan fingerprint density at radius 3 is 2.48 bits per heavy atom. The predicted octanol–water partition coefficient (Wildman–Crippen LogP) is 3.99. The Bertz CT molecular complexity index is 892. The maximum Gasteiger partial charge on any atom is 0.227 e. The van der Waals surface area contributed by atoms with Crippen LogP contribution in [0.2, 0.25) is 0 Å². The Morgan fingerprint density at radius 1 is 1.00 bits per heavy atom. The van der Waals surface area contributed by atoms with Crippen LogP contribution in [0.4, 0.5) is 4.39 Å². The molecular formula is C21H21FN2O. The second-order valence-corrected chi connectivity index (χ2v) is 6.69. The van der Waals surface area contributed by atoms with E-state index in [4.69, 9.17) is 0 Å². The van der Waals surface area contributed by atoms with Gasteiger partial charge in [-0.3, -0.25) is 4.79 Å². The first kappa shape index (κ1) is 15.9. The standard InChI is InChI=1S/C21H21FN2O/c22-18-9-7-16(8-10-18)14-24-15-17(19-5-1-2-6-20(19)24)13-21(25)23-11-3-4-12-23/h1-2,5-10,15H,3-4,11-14H2. The number of likely N-dealkylation sites (tertiary alicyclic amines) is 1. The van der Waals surface area contributed by atoms with E-state index in [9.17, 15) is 9.18 Å². The van der Waals surface area contributed by atoms with E-state index in [1.54, 1.807) is 12.1 Å². The molecule has 1 aliphatic rings. The first-order valence-corrected chi connectivity index (χ1v) is 8.80. The quantitative estimate of drug-likeness (QED) is 0.707. The number of para-hydroxylation sites is 1. The topological polar surface area (TPSA) is 25.2 Å². The van der Waals surface area contributed by atoms with Gasteiger partial charge in [-0.1, -0.05) is 30.3 Å². The summed E-state index contributed by atoms with van der Waals surface area (Å²) in [5.41, 5.74) is 3.21. The highest BCUT2D eigenvalue weighted by Crippen LogP contribution is 2.24. The zero-order chi connectivity index (χ0) is 17.2. The Morgan fingerprint density at radius 2 is 1.72 bits per heavy atom. The van der Waals surface area contributed by atoms with Crippen molar-refractivity contribution in [3.63, 3.8) is 0 Å². The predicted molar refractivity (Wildman–Crippen MR) is 97.0 cm³/mol. The van der Waals surface area contributed by atoms with Crippen molar-refractivity contribution in [3.05, 3.63) is 71.7 Å². The Balaban J connectivity index is 1.63. The van der Waals surface area contributed by atoms with Crippen LogP contribution in [0, 0.1) is 5.82 Å². The van der Waals surface area contributed by atoms with Crippen molar-refractivity contribution in [2.45, 2.75) is 25.8 Å². The van der Waals surface area contributed by atoms with Gasteiger partial charge in [-0.15, -0.1) is 0 Å². The first-order chi connectivity index (χ1) is 12.2. The van der Waals surface area contributed by atoms with Crippen molar-refractivity contribution in [3.8, 4) is 0 Å². The summed E-state index contributed by atoms with van der Waals surface area (Å²) in [6.07, 6.45) is 4.73. The lowest BCUT2D eigenvalue weighted by Gasteiger charge is -2.14. The third-order valence-electron chi connectivity index (χ3n) is 4.94. The van der Waals surface area contributed by atoms with Crippen LogP contribution >= 0.6 is 0 Å². The molecule has 0 aliphatic carbocycles. The highest BCUT2D eigenvalue weighted by atomic mass is 19.1. The summed E-state index contributed by atoms with van der Waals surface area (Å²) in [7, 11) is 0. The number of carbonyl (C=O) groups excluding carboxylic acids is 1. The maximum absolute atomic E-state index is 13.1. The SMILES string of the molecule is O=C(Cc1cn(Cc2ccc(F)cc2)c2ccccc12)N1CCCC1. The number of fused-ring (bicyclic) bond motifs is 1. The summed E-state index contributed by atoms with van der Waals surface area (Å²) < 4.78 is 15.3. The van der Waals surface area contributed by atoms with Crippen molar-refractivity contribution in [1.82, 2.24) is 9.47 Å². The first-order valence-electron chi connectivity index (χ1n) is 8.80. The van der Waals surface area contributed by atoms with E-state index < -0.39 is 0 Å². The molecule has 3 aromatic rings. The number of hydrogen-bond donors (Lipinski definition) is 0. The maximum atomic E-state index is 13.1. The molecule has 1 aliphatic heterocycles. The van der Waals surface area contributed by atoms with Crippen LogP contribution in [0.25, 0.3) is 10.9 Å². The van der Waals surface area contributed by atoms with Gasteiger partial charge in [0.25, 0.3) is 0 Å². The lowest BCUT2D eigenvalue weighted by atomic mass is 10.1. The molecule has 0 bridgehead atoms. The van der Waals surface area contributed by atoms with Crippen molar-refractivity contribution < 1.29 is 9.18 Å². The summed E-state index contributed by atoms with van der Waals surface area (Å²) in [5, 5.41) is 1.12. The molecular weight excluding hydrogens is 315 g/mol. The van der Waals surface area contributed by atoms with Crippen molar-refractivity contribution in [2.24, 2.45) is 0 Å². The molecule has 1 saturated heterocycles. The summed E-state index contributed by atoms with van der Waals surface area (Å²) >= 11 is 0. The molecule has 1 aromatic heterocycles. The van der Waals surface area contributed by atoms with Crippen molar-refractivity contribution >= 4 is 16.8 Å². The van der Waals surface area contributed by atoms with Crippen LogP contribution < -0.4 is 0 Å². The molecule has 0 spiro atoms. The molecule has 1 fully saturated rings. The van der Waals surface area contributed by atoms with Gasteiger partial charge in [-0.25, -0.2) is 4.39 Å². The third-order valence-corrected chi connectivity index (χ3v) is 4.94. The van der Waals surface area contributed by atoms with Crippen molar-refractivity contribution in [2.75, 3.05) is 13.1 Å². The van der Waals surface area contributed by atoms with Crippen LogP contribution in [0.15, 0.2) is 54.7 Å². The van der Waals surface area contributed by atoms with E-state index in [2.05, 4.69) is 22.9 Å². The molecule has 4 heteroatoms. The monoisotopic (exact) mass is 336 g/mol. The normalized spacial score (nSPS) is 14.4. The number of amides is 1. The van der Waals surface area contributed by atoms with Crippen LogP contribution in [-0.2, 0) is 17.8 Å². The van der Waals surface area contributed by atoms with Gasteiger partial charge in [0.1, 0.15) is 5.82 Å². The summed E-state index contributed by atoms with van der Waals surface area (Å²) in [4.78, 5) is 14.5. The number of nitrogens with zero attached hydrogens (tertiary/aromatic N) is 2. The number of aromatic nitrogens is 1.